The van der Waals surface area contributed by atoms with Crippen molar-refractivity contribution in [1.29, 1.82) is 0 Å². The lowest BCUT2D eigenvalue weighted by molar-refractivity contribution is 0.248. The fraction of sp³-hybridized carbons (Fsp3) is 0.280. The number of aromatic amines is 1. The first-order valence-corrected chi connectivity index (χ1v) is 10.6. The van der Waals surface area contributed by atoms with Crippen LogP contribution in [-0.2, 0) is 6.61 Å². The van der Waals surface area contributed by atoms with Gasteiger partial charge in [-0.1, -0.05) is 42.5 Å². The Hall–Kier alpha value is -3.18. The van der Waals surface area contributed by atoms with Crippen molar-refractivity contribution in [2.24, 2.45) is 0 Å². The van der Waals surface area contributed by atoms with E-state index in [-0.39, 0.29) is 0 Å². The lowest BCUT2D eigenvalue weighted by Crippen LogP contribution is -2.31. The molecule has 2 aromatic heterocycles. The van der Waals surface area contributed by atoms with E-state index in [9.17, 15) is 0 Å². The van der Waals surface area contributed by atoms with Gasteiger partial charge in [0.1, 0.15) is 18.2 Å². The minimum Gasteiger partial charge on any atom is -0.489 e. The summed E-state index contributed by atoms with van der Waals surface area (Å²) in [6, 6.07) is 22.5. The van der Waals surface area contributed by atoms with Gasteiger partial charge in [0.15, 0.2) is 5.65 Å². The Labute approximate surface area is 176 Å². The average Bonchev–Trinajstić information content (AvgIpc) is 3.22. The zero-order chi connectivity index (χ0) is 20.3. The summed E-state index contributed by atoms with van der Waals surface area (Å²) in [6.45, 7) is 2.80. The van der Waals surface area contributed by atoms with Crippen molar-refractivity contribution in [3.63, 3.8) is 0 Å². The molecule has 0 saturated carbocycles. The van der Waals surface area contributed by atoms with Gasteiger partial charge in [0.2, 0.25) is 0 Å². The number of piperidine rings is 1. The minimum absolute atomic E-state index is 0.497. The number of pyridine rings is 1. The second kappa shape index (κ2) is 8.28. The van der Waals surface area contributed by atoms with Crippen LogP contribution in [0.25, 0.3) is 22.6 Å². The van der Waals surface area contributed by atoms with E-state index >= 15 is 0 Å². The van der Waals surface area contributed by atoms with E-state index in [2.05, 4.69) is 53.3 Å². The number of para-hydroxylation sites is 1. The monoisotopic (exact) mass is 398 g/mol. The zero-order valence-corrected chi connectivity index (χ0v) is 17.2. The highest BCUT2D eigenvalue weighted by Gasteiger charge is 2.20. The number of likely N-dealkylation sites (tertiary alicyclic amines) is 1. The van der Waals surface area contributed by atoms with Gasteiger partial charge in [-0.15, -0.1) is 0 Å². The maximum absolute atomic E-state index is 5.83. The van der Waals surface area contributed by atoms with Crippen molar-refractivity contribution < 1.29 is 4.74 Å². The molecule has 1 aliphatic rings. The predicted octanol–water partition coefficient (Wildman–Crippen LogP) is 5.01. The molecular formula is C25H26N4O. The molecule has 1 aliphatic heterocycles. The Morgan fingerprint density at radius 3 is 2.63 bits per heavy atom. The second-order valence-corrected chi connectivity index (χ2v) is 8.09. The molecule has 1 saturated heterocycles. The number of fused-ring (bicyclic) bond motifs is 1. The van der Waals surface area contributed by atoms with Crippen LogP contribution in [0.15, 0.2) is 66.7 Å². The topological polar surface area (TPSA) is 54.0 Å². The Bertz CT molecular complexity index is 1120. The van der Waals surface area contributed by atoms with Crippen LogP contribution in [-0.4, -0.2) is 40.0 Å². The number of imidazole rings is 1. The van der Waals surface area contributed by atoms with Gasteiger partial charge in [-0.3, -0.25) is 0 Å². The van der Waals surface area contributed by atoms with Gasteiger partial charge < -0.3 is 14.6 Å². The van der Waals surface area contributed by atoms with Crippen LogP contribution in [0.1, 0.15) is 30.0 Å². The van der Waals surface area contributed by atoms with Crippen LogP contribution in [0.3, 0.4) is 0 Å². The SMILES string of the molecule is CN1CCCC(c2ccc3[nH]c(-c4ccc(COc5ccccc5)cc4)nc3n2)C1. The fourth-order valence-electron chi connectivity index (χ4n) is 4.12. The first kappa shape index (κ1) is 18.8. The molecule has 0 aliphatic carbocycles. The third-order valence-corrected chi connectivity index (χ3v) is 5.79. The number of nitrogens with one attached hydrogen (secondary N) is 1. The van der Waals surface area contributed by atoms with Crippen LogP contribution in [0.4, 0.5) is 0 Å². The van der Waals surface area contributed by atoms with E-state index < -0.39 is 0 Å². The number of hydrogen-bond acceptors (Lipinski definition) is 4. The quantitative estimate of drug-likeness (QED) is 0.513. The summed E-state index contributed by atoms with van der Waals surface area (Å²) >= 11 is 0. The highest BCUT2D eigenvalue weighted by molar-refractivity contribution is 5.76. The molecule has 0 spiro atoms. The summed E-state index contributed by atoms with van der Waals surface area (Å²) in [5.74, 6) is 2.23. The predicted molar refractivity (Wildman–Crippen MR) is 120 cm³/mol. The normalized spacial score (nSPS) is 17.3. The van der Waals surface area contributed by atoms with Gasteiger partial charge in [0, 0.05) is 23.7 Å². The van der Waals surface area contributed by atoms with Crippen LogP contribution >= 0.6 is 0 Å². The number of likely N-dealkylation sites (N-methyl/N-ethyl adjacent to an activating group) is 1. The summed E-state index contributed by atoms with van der Waals surface area (Å²) < 4.78 is 5.83. The molecule has 152 valence electrons. The summed E-state index contributed by atoms with van der Waals surface area (Å²) in [5.41, 5.74) is 5.11. The van der Waals surface area contributed by atoms with Crippen LogP contribution in [0.2, 0.25) is 0 Å². The molecule has 1 unspecified atom stereocenters. The number of H-pyrrole nitrogens is 1. The Morgan fingerprint density at radius 1 is 1.00 bits per heavy atom. The second-order valence-electron chi connectivity index (χ2n) is 8.09. The Balaban J connectivity index is 1.31. The Morgan fingerprint density at radius 2 is 1.83 bits per heavy atom. The van der Waals surface area contributed by atoms with Crippen molar-refractivity contribution >= 4 is 11.2 Å². The standard InChI is InChI=1S/C25H26N4O/c1-29-15-5-6-20(16-29)22-13-14-23-25(26-22)28-24(27-23)19-11-9-18(10-12-19)17-30-21-7-3-2-4-8-21/h2-4,7-14,20H,5-6,15-17H2,1H3,(H,26,27,28). The number of benzene rings is 2. The number of hydrogen-bond donors (Lipinski definition) is 1. The third-order valence-electron chi connectivity index (χ3n) is 5.79. The van der Waals surface area contributed by atoms with E-state index in [4.69, 9.17) is 14.7 Å². The lowest BCUT2D eigenvalue weighted by atomic mass is 9.94. The minimum atomic E-state index is 0.497. The molecular weight excluding hydrogens is 372 g/mol. The maximum Gasteiger partial charge on any atom is 0.178 e. The first-order valence-electron chi connectivity index (χ1n) is 10.6. The molecule has 1 fully saturated rings. The van der Waals surface area contributed by atoms with E-state index in [0.717, 1.165) is 46.1 Å². The van der Waals surface area contributed by atoms with Crippen molar-refractivity contribution in [3.05, 3.63) is 78.0 Å². The number of aromatic nitrogens is 3. The van der Waals surface area contributed by atoms with Gasteiger partial charge in [-0.05, 0) is 56.3 Å². The van der Waals surface area contributed by atoms with E-state index in [1.54, 1.807) is 0 Å². The average molecular weight is 399 g/mol. The molecule has 5 nitrogen and oxygen atoms in total. The molecule has 3 heterocycles. The van der Waals surface area contributed by atoms with Gasteiger partial charge in [-0.2, -0.15) is 0 Å². The highest BCUT2D eigenvalue weighted by atomic mass is 16.5. The Kier molecular flexibility index (Phi) is 5.20. The molecule has 30 heavy (non-hydrogen) atoms. The van der Waals surface area contributed by atoms with Crippen molar-refractivity contribution in [2.75, 3.05) is 20.1 Å². The van der Waals surface area contributed by atoms with Crippen molar-refractivity contribution in [3.8, 4) is 17.1 Å². The fourth-order valence-corrected chi connectivity index (χ4v) is 4.12. The van der Waals surface area contributed by atoms with Crippen molar-refractivity contribution in [1.82, 2.24) is 19.9 Å². The smallest absolute Gasteiger partial charge is 0.178 e. The highest BCUT2D eigenvalue weighted by Crippen LogP contribution is 2.27. The van der Waals surface area contributed by atoms with Gasteiger partial charge in [0.25, 0.3) is 0 Å². The molecule has 1 atom stereocenters. The van der Waals surface area contributed by atoms with Gasteiger partial charge >= 0.3 is 0 Å². The van der Waals surface area contributed by atoms with Gasteiger partial charge in [-0.25, -0.2) is 9.97 Å². The van der Waals surface area contributed by atoms with Crippen LogP contribution in [0.5, 0.6) is 5.75 Å². The van der Waals surface area contributed by atoms with Crippen LogP contribution < -0.4 is 4.74 Å². The van der Waals surface area contributed by atoms with Crippen molar-refractivity contribution in [2.45, 2.75) is 25.4 Å². The van der Waals surface area contributed by atoms with E-state index in [0.29, 0.717) is 12.5 Å². The molecule has 5 heteroatoms. The number of ether oxygens (including phenoxy) is 1. The van der Waals surface area contributed by atoms with Crippen LogP contribution in [0, 0.1) is 0 Å². The summed E-state index contributed by atoms with van der Waals surface area (Å²) in [5, 5.41) is 0. The summed E-state index contributed by atoms with van der Waals surface area (Å²) in [7, 11) is 2.19. The first-order chi connectivity index (χ1) is 14.7. The molecule has 2 aromatic carbocycles. The number of rotatable bonds is 5. The molecule has 5 rings (SSSR count). The molecule has 4 aromatic rings. The summed E-state index contributed by atoms with van der Waals surface area (Å²) in [6.07, 6.45) is 2.43. The lowest BCUT2D eigenvalue weighted by Gasteiger charge is -2.29. The van der Waals surface area contributed by atoms with E-state index in [1.807, 2.05) is 30.3 Å². The molecule has 1 N–H and O–H groups in total. The largest absolute Gasteiger partial charge is 0.489 e. The maximum atomic E-state index is 5.83. The van der Waals surface area contributed by atoms with Gasteiger partial charge in [0.05, 0.1) is 5.52 Å². The van der Waals surface area contributed by atoms with E-state index in [1.165, 1.54) is 19.4 Å². The molecule has 0 bridgehead atoms. The zero-order valence-electron chi connectivity index (χ0n) is 17.2. The number of nitrogens with zero attached hydrogens (tertiary/aromatic N) is 3. The molecule has 0 amide bonds. The molecule has 0 radical (unpaired) electrons. The third kappa shape index (κ3) is 4.07. The summed E-state index contributed by atoms with van der Waals surface area (Å²) in [4.78, 5) is 15.4.